The summed E-state index contributed by atoms with van der Waals surface area (Å²) in [7, 11) is 0. The van der Waals surface area contributed by atoms with Gasteiger partial charge in [-0.25, -0.2) is 0 Å². The lowest BCUT2D eigenvalue weighted by Gasteiger charge is -2.22. The molecule has 3 aromatic carbocycles. The summed E-state index contributed by atoms with van der Waals surface area (Å²) >= 11 is 0. The highest BCUT2D eigenvalue weighted by Crippen LogP contribution is 2.31. The summed E-state index contributed by atoms with van der Waals surface area (Å²) in [6.07, 6.45) is 0. The van der Waals surface area contributed by atoms with Gasteiger partial charge in [-0.3, -0.25) is 9.59 Å². The Morgan fingerprint density at radius 1 is 0.871 bits per heavy atom. The number of carbonyl (C=O) groups excluding carboxylic acids is 2. The number of rotatable bonds is 6. The Labute approximate surface area is 183 Å². The fraction of sp³-hybridized carbons (Fsp3) is 0.231. The van der Waals surface area contributed by atoms with Gasteiger partial charge < -0.3 is 15.4 Å². The van der Waals surface area contributed by atoms with Gasteiger partial charge in [0.05, 0.1) is 0 Å². The molecule has 5 nitrogen and oxygen atoms in total. The maximum Gasteiger partial charge on any atom is 0.262 e. The normalized spacial score (nSPS) is 11.0. The number of aryl methyl sites for hydroxylation is 1. The summed E-state index contributed by atoms with van der Waals surface area (Å²) < 4.78 is 5.78. The van der Waals surface area contributed by atoms with Crippen molar-refractivity contribution in [1.29, 1.82) is 0 Å². The second-order valence-electron chi connectivity index (χ2n) is 8.43. The Kier molecular flexibility index (Phi) is 6.75. The van der Waals surface area contributed by atoms with Gasteiger partial charge in [0, 0.05) is 16.9 Å². The molecule has 0 aromatic heterocycles. The minimum absolute atomic E-state index is 0.0792. The summed E-state index contributed by atoms with van der Waals surface area (Å²) in [6, 6.07) is 22.1. The van der Waals surface area contributed by atoms with E-state index in [4.69, 9.17) is 4.74 Å². The predicted molar refractivity (Wildman–Crippen MR) is 125 cm³/mol. The summed E-state index contributed by atoms with van der Waals surface area (Å²) in [6.45, 7) is 8.12. The SMILES string of the molecule is Cc1cc(NC(=O)COc2ccccc2C(C)(C)C)ccc1NC(=O)c1ccccc1. The number of hydrogen-bond donors (Lipinski definition) is 2. The molecule has 0 aliphatic carbocycles. The van der Waals surface area contributed by atoms with Crippen LogP contribution in [0.25, 0.3) is 0 Å². The second-order valence-corrected chi connectivity index (χ2v) is 8.43. The molecule has 0 aliphatic rings. The van der Waals surface area contributed by atoms with Crippen molar-refractivity contribution in [3.63, 3.8) is 0 Å². The molecular formula is C26H28N2O3. The number of nitrogens with one attached hydrogen (secondary N) is 2. The summed E-state index contributed by atoms with van der Waals surface area (Å²) in [5.74, 6) is 0.288. The second kappa shape index (κ2) is 9.47. The molecule has 160 valence electrons. The van der Waals surface area contributed by atoms with E-state index in [1.807, 2.05) is 55.5 Å². The van der Waals surface area contributed by atoms with E-state index in [0.717, 1.165) is 11.1 Å². The van der Waals surface area contributed by atoms with Crippen molar-refractivity contribution in [2.45, 2.75) is 33.1 Å². The number of amides is 2. The van der Waals surface area contributed by atoms with E-state index in [0.29, 0.717) is 22.7 Å². The standard InChI is InChI=1S/C26H28N2O3/c1-18-16-20(14-15-22(18)28-25(30)19-10-6-5-7-11-19)27-24(29)17-31-23-13-9-8-12-21(23)26(2,3)4/h5-16H,17H2,1-4H3,(H,27,29)(H,28,30). The molecular weight excluding hydrogens is 388 g/mol. The Hall–Kier alpha value is -3.60. The quantitative estimate of drug-likeness (QED) is 0.553. The van der Waals surface area contributed by atoms with Crippen LogP contribution in [0.4, 0.5) is 11.4 Å². The van der Waals surface area contributed by atoms with Crippen molar-refractivity contribution in [3.8, 4) is 5.75 Å². The third-order valence-electron chi connectivity index (χ3n) is 4.85. The van der Waals surface area contributed by atoms with Gasteiger partial charge >= 0.3 is 0 Å². The monoisotopic (exact) mass is 416 g/mol. The van der Waals surface area contributed by atoms with Gasteiger partial charge in [-0.2, -0.15) is 0 Å². The van der Waals surface area contributed by atoms with Gasteiger partial charge in [0.25, 0.3) is 11.8 Å². The van der Waals surface area contributed by atoms with E-state index in [2.05, 4.69) is 31.4 Å². The lowest BCUT2D eigenvalue weighted by Crippen LogP contribution is -2.22. The van der Waals surface area contributed by atoms with E-state index in [-0.39, 0.29) is 23.8 Å². The Balaban J connectivity index is 1.60. The van der Waals surface area contributed by atoms with E-state index in [1.165, 1.54) is 0 Å². The van der Waals surface area contributed by atoms with E-state index in [9.17, 15) is 9.59 Å². The average molecular weight is 417 g/mol. The topological polar surface area (TPSA) is 67.4 Å². The first-order valence-electron chi connectivity index (χ1n) is 10.2. The third kappa shape index (κ3) is 5.95. The van der Waals surface area contributed by atoms with Crippen LogP contribution in [0.5, 0.6) is 5.75 Å². The molecule has 0 spiro atoms. The molecule has 5 heteroatoms. The molecule has 0 heterocycles. The lowest BCUT2D eigenvalue weighted by atomic mass is 9.86. The van der Waals surface area contributed by atoms with E-state index >= 15 is 0 Å². The highest BCUT2D eigenvalue weighted by Gasteiger charge is 2.19. The first kappa shape index (κ1) is 22.1. The molecule has 3 aromatic rings. The fourth-order valence-corrected chi connectivity index (χ4v) is 3.22. The smallest absolute Gasteiger partial charge is 0.262 e. The third-order valence-corrected chi connectivity index (χ3v) is 4.85. The van der Waals surface area contributed by atoms with Gasteiger partial charge in [-0.05, 0) is 59.9 Å². The molecule has 0 bridgehead atoms. The molecule has 0 saturated carbocycles. The molecule has 0 aliphatic heterocycles. The van der Waals surface area contributed by atoms with Crippen molar-refractivity contribution in [1.82, 2.24) is 0 Å². The van der Waals surface area contributed by atoms with Crippen LogP contribution in [0.1, 0.15) is 42.3 Å². The Bertz CT molecular complexity index is 1070. The zero-order chi connectivity index (χ0) is 22.4. The predicted octanol–water partition coefficient (Wildman–Crippen LogP) is 5.56. The molecule has 0 saturated heterocycles. The van der Waals surface area contributed by atoms with Gasteiger partial charge in [-0.15, -0.1) is 0 Å². The number of hydrogen-bond acceptors (Lipinski definition) is 3. The summed E-state index contributed by atoms with van der Waals surface area (Å²) in [4.78, 5) is 24.7. The van der Waals surface area contributed by atoms with Crippen LogP contribution in [0.3, 0.4) is 0 Å². The molecule has 0 atom stereocenters. The van der Waals surface area contributed by atoms with Gasteiger partial charge in [0.15, 0.2) is 6.61 Å². The van der Waals surface area contributed by atoms with Crippen molar-refractivity contribution in [3.05, 3.63) is 89.5 Å². The lowest BCUT2D eigenvalue weighted by molar-refractivity contribution is -0.118. The van der Waals surface area contributed by atoms with Crippen LogP contribution in [0, 0.1) is 6.92 Å². The van der Waals surface area contributed by atoms with Crippen molar-refractivity contribution >= 4 is 23.2 Å². The highest BCUT2D eigenvalue weighted by atomic mass is 16.5. The Morgan fingerprint density at radius 2 is 1.55 bits per heavy atom. The molecule has 0 radical (unpaired) electrons. The van der Waals surface area contributed by atoms with Crippen LogP contribution in [-0.4, -0.2) is 18.4 Å². The van der Waals surface area contributed by atoms with Crippen molar-refractivity contribution in [2.75, 3.05) is 17.2 Å². The number of ether oxygens (including phenoxy) is 1. The fourth-order valence-electron chi connectivity index (χ4n) is 3.22. The summed E-state index contributed by atoms with van der Waals surface area (Å²) in [5, 5.41) is 5.74. The molecule has 31 heavy (non-hydrogen) atoms. The number of benzene rings is 3. The molecule has 2 amide bonds. The summed E-state index contributed by atoms with van der Waals surface area (Å²) in [5.41, 5.74) is 3.75. The largest absolute Gasteiger partial charge is 0.483 e. The molecule has 0 unspecified atom stereocenters. The molecule has 2 N–H and O–H groups in total. The number of anilines is 2. The zero-order valence-corrected chi connectivity index (χ0v) is 18.4. The van der Waals surface area contributed by atoms with Crippen LogP contribution < -0.4 is 15.4 Å². The van der Waals surface area contributed by atoms with Gasteiger partial charge in [0.1, 0.15) is 5.75 Å². The van der Waals surface area contributed by atoms with Gasteiger partial charge in [-0.1, -0.05) is 57.2 Å². The van der Waals surface area contributed by atoms with E-state index < -0.39 is 0 Å². The van der Waals surface area contributed by atoms with Crippen LogP contribution >= 0.6 is 0 Å². The minimum atomic E-state index is -0.246. The Morgan fingerprint density at radius 3 is 2.23 bits per heavy atom. The molecule has 3 rings (SSSR count). The van der Waals surface area contributed by atoms with Crippen molar-refractivity contribution < 1.29 is 14.3 Å². The van der Waals surface area contributed by atoms with E-state index in [1.54, 1.807) is 24.3 Å². The first-order chi connectivity index (χ1) is 14.7. The average Bonchev–Trinajstić information content (AvgIpc) is 2.74. The zero-order valence-electron chi connectivity index (χ0n) is 18.4. The minimum Gasteiger partial charge on any atom is -0.483 e. The maximum absolute atomic E-state index is 12.4. The number of para-hydroxylation sites is 1. The number of carbonyl (C=O) groups is 2. The van der Waals surface area contributed by atoms with Crippen LogP contribution in [0.15, 0.2) is 72.8 Å². The maximum atomic E-state index is 12.4. The van der Waals surface area contributed by atoms with Crippen molar-refractivity contribution in [2.24, 2.45) is 0 Å². The molecule has 0 fully saturated rings. The first-order valence-corrected chi connectivity index (χ1v) is 10.2. The van der Waals surface area contributed by atoms with Gasteiger partial charge in [0.2, 0.25) is 0 Å². The highest BCUT2D eigenvalue weighted by molar-refractivity contribution is 6.04. The van der Waals surface area contributed by atoms with Crippen LogP contribution in [0.2, 0.25) is 0 Å². The van der Waals surface area contributed by atoms with Crippen LogP contribution in [-0.2, 0) is 10.2 Å².